The Bertz CT molecular complexity index is 886. The molecule has 7 nitrogen and oxygen atoms in total. The van der Waals surface area contributed by atoms with Crippen LogP contribution in [0.2, 0.25) is 0 Å². The number of fused-ring (bicyclic) bond motifs is 1. The average molecular weight is 415 g/mol. The number of rotatable bonds is 5. The lowest BCUT2D eigenvalue weighted by molar-refractivity contribution is -0.0732. The van der Waals surface area contributed by atoms with E-state index < -0.39 is 0 Å². The van der Waals surface area contributed by atoms with Gasteiger partial charge in [-0.2, -0.15) is 0 Å². The van der Waals surface area contributed by atoms with Gasteiger partial charge in [-0.05, 0) is 44.9 Å². The van der Waals surface area contributed by atoms with E-state index in [0.717, 1.165) is 67.4 Å². The first-order valence-corrected chi connectivity index (χ1v) is 11.7. The maximum atomic E-state index is 5.48. The molecule has 2 aliphatic heterocycles. The quantitative estimate of drug-likeness (QED) is 0.749. The number of pyridine rings is 1. The van der Waals surface area contributed by atoms with Crippen LogP contribution in [-0.4, -0.2) is 70.9 Å². The average Bonchev–Trinajstić information content (AvgIpc) is 2.67. The fourth-order valence-corrected chi connectivity index (χ4v) is 5.63. The van der Waals surface area contributed by atoms with Crippen molar-refractivity contribution in [3.05, 3.63) is 18.0 Å². The smallest absolute Gasteiger partial charge is 0.223 e. The van der Waals surface area contributed by atoms with Gasteiger partial charge in [-0.3, -0.25) is 4.31 Å². The highest BCUT2D eigenvalue weighted by Crippen LogP contribution is 2.51. The summed E-state index contributed by atoms with van der Waals surface area (Å²) in [6, 6.07) is 2.52. The number of ether oxygens (including phenoxy) is 1. The lowest BCUT2D eigenvalue weighted by atomic mass is 9.62. The number of nitrogens with one attached hydrogen (secondary N) is 1. The van der Waals surface area contributed by atoms with Gasteiger partial charge in [0.05, 0.1) is 6.10 Å². The number of anilines is 2. The molecule has 3 aliphatic rings. The molecule has 2 aromatic rings. The summed E-state index contributed by atoms with van der Waals surface area (Å²) >= 11 is 1.83. The van der Waals surface area contributed by atoms with Crippen LogP contribution >= 0.6 is 11.9 Å². The van der Waals surface area contributed by atoms with E-state index in [9.17, 15) is 0 Å². The summed E-state index contributed by atoms with van der Waals surface area (Å²) in [5, 5.41) is 4.63. The Hall–Kier alpha value is -1.64. The molecule has 156 valence electrons. The predicted octanol–water partition coefficient (Wildman–Crippen LogP) is 3.10. The lowest BCUT2D eigenvalue weighted by Gasteiger charge is -2.59. The van der Waals surface area contributed by atoms with E-state index in [0.29, 0.717) is 17.6 Å². The molecule has 1 aliphatic carbocycles. The minimum absolute atomic E-state index is 0.428. The molecule has 1 N–H and O–H groups in total. The van der Waals surface area contributed by atoms with E-state index >= 15 is 0 Å². The minimum Gasteiger partial charge on any atom is -0.381 e. The standard InChI is InChI=1S/C21H30N6OS/c1-14-8-15-11-22-20(24-16-4-6-27(29-3)7-5-16)25-18(15)19(23-14)26-12-21(13-26)9-17(10-21)28-2/h8,11,16-17H,4-7,9-10,12-13H2,1-3H3,(H,22,24,25). The van der Waals surface area contributed by atoms with Crippen molar-refractivity contribution in [3.63, 3.8) is 0 Å². The SMILES string of the molecule is COC1CC2(C1)CN(c1nc(C)cc3cnc(NC4CCN(SC)CC4)nc13)C2. The highest BCUT2D eigenvalue weighted by molar-refractivity contribution is 7.96. The number of methoxy groups -OCH3 is 1. The molecule has 1 spiro atoms. The Balaban J connectivity index is 1.34. The molecule has 29 heavy (non-hydrogen) atoms. The second-order valence-corrected chi connectivity index (χ2v) is 9.75. The number of hydrogen-bond donors (Lipinski definition) is 1. The van der Waals surface area contributed by atoms with Crippen molar-refractivity contribution in [2.75, 3.05) is 49.8 Å². The number of nitrogens with zero attached hydrogens (tertiary/aromatic N) is 5. The van der Waals surface area contributed by atoms with Gasteiger partial charge in [-0.15, -0.1) is 0 Å². The van der Waals surface area contributed by atoms with Crippen molar-refractivity contribution in [2.45, 2.75) is 44.8 Å². The van der Waals surface area contributed by atoms with Crippen LogP contribution in [0.1, 0.15) is 31.4 Å². The highest BCUT2D eigenvalue weighted by atomic mass is 32.2. The monoisotopic (exact) mass is 414 g/mol. The Morgan fingerprint density at radius 1 is 1.21 bits per heavy atom. The van der Waals surface area contributed by atoms with Crippen molar-refractivity contribution in [3.8, 4) is 0 Å². The molecule has 0 amide bonds. The predicted molar refractivity (Wildman–Crippen MR) is 118 cm³/mol. The second-order valence-electron chi connectivity index (χ2n) is 8.87. The van der Waals surface area contributed by atoms with Gasteiger partial charge in [0, 0.05) is 62.0 Å². The molecule has 3 fully saturated rings. The Morgan fingerprint density at radius 3 is 2.66 bits per heavy atom. The molecule has 0 atom stereocenters. The second kappa shape index (κ2) is 7.56. The molecule has 2 aromatic heterocycles. The van der Waals surface area contributed by atoms with Crippen LogP contribution in [0.3, 0.4) is 0 Å². The van der Waals surface area contributed by atoms with Crippen LogP contribution in [0.4, 0.5) is 11.8 Å². The first-order chi connectivity index (χ1) is 14.1. The first kappa shape index (κ1) is 19.3. The van der Waals surface area contributed by atoms with Crippen LogP contribution in [-0.2, 0) is 4.74 Å². The molecular formula is C21H30N6OS. The van der Waals surface area contributed by atoms with Gasteiger partial charge in [0.2, 0.25) is 5.95 Å². The van der Waals surface area contributed by atoms with Gasteiger partial charge in [0.1, 0.15) is 5.52 Å². The molecule has 0 bridgehead atoms. The van der Waals surface area contributed by atoms with Crippen LogP contribution in [0.25, 0.3) is 10.9 Å². The zero-order chi connectivity index (χ0) is 20.0. The van der Waals surface area contributed by atoms with Crippen LogP contribution in [0.15, 0.2) is 12.3 Å². The largest absolute Gasteiger partial charge is 0.381 e. The summed E-state index contributed by atoms with van der Waals surface area (Å²) in [6.45, 7) is 6.37. The molecule has 2 saturated heterocycles. The number of piperidine rings is 1. The van der Waals surface area contributed by atoms with Gasteiger partial charge < -0.3 is 15.0 Å². The van der Waals surface area contributed by atoms with Gasteiger partial charge in [-0.25, -0.2) is 15.0 Å². The highest BCUT2D eigenvalue weighted by Gasteiger charge is 2.53. The van der Waals surface area contributed by atoms with E-state index in [1.807, 2.05) is 25.3 Å². The van der Waals surface area contributed by atoms with Gasteiger partial charge in [0.15, 0.2) is 5.82 Å². The molecular weight excluding hydrogens is 384 g/mol. The van der Waals surface area contributed by atoms with Crippen LogP contribution in [0, 0.1) is 12.3 Å². The Morgan fingerprint density at radius 2 is 1.97 bits per heavy atom. The zero-order valence-corrected chi connectivity index (χ0v) is 18.3. The summed E-state index contributed by atoms with van der Waals surface area (Å²) < 4.78 is 7.90. The van der Waals surface area contributed by atoms with Crippen molar-refractivity contribution in [1.29, 1.82) is 0 Å². The molecule has 5 rings (SSSR count). The third-order valence-corrected chi connectivity index (χ3v) is 7.61. The molecule has 0 radical (unpaired) electrons. The summed E-state index contributed by atoms with van der Waals surface area (Å²) in [5.74, 6) is 1.74. The minimum atomic E-state index is 0.428. The van der Waals surface area contributed by atoms with Gasteiger partial charge in [0.25, 0.3) is 0 Å². The van der Waals surface area contributed by atoms with Crippen molar-refractivity contribution in [2.24, 2.45) is 5.41 Å². The first-order valence-electron chi connectivity index (χ1n) is 10.6. The number of aromatic nitrogens is 3. The van der Waals surface area contributed by atoms with Crippen LogP contribution < -0.4 is 10.2 Å². The summed E-state index contributed by atoms with van der Waals surface area (Å²) in [4.78, 5) is 16.8. The summed E-state index contributed by atoms with van der Waals surface area (Å²) in [6.07, 6.45) is 9.11. The third kappa shape index (κ3) is 3.66. The van der Waals surface area contributed by atoms with E-state index in [-0.39, 0.29) is 0 Å². The van der Waals surface area contributed by atoms with Gasteiger partial charge in [-0.1, -0.05) is 11.9 Å². The normalized spacial score (nSPS) is 22.7. The van der Waals surface area contributed by atoms with Crippen LogP contribution in [0.5, 0.6) is 0 Å². The maximum absolute atomic E-state index is 5.48. The third-order valence-electron chi connectivity index (χ3n) is 6.73. The molecule has 4 heterocycles. The summed E-state index contributed by atoms with van der Waals surface area (Å²) in [7, 11) is 1.82. The van der Waals surface area contributed by atoms with Crippen molar-refractivity contribution in [1.82, 2.24) is 19.3 Å². The molecule has 1 saturated carbocycles. The number of aryl methyl sites for hydroxylation is 1. The maximum Gasteiger partial charge on any atom is 0.223 e. The fourth-order valence-electron chi connectivity index (χ4n) is 5.05. The van der Waals surface area contributed by atoms with E-state index in [1.54, 1.807) is 0 Å². The molecule has 0 unspecified atom stereocenters. The topological polar surface area (TPSA) is 66.4 Å². The van der Waals surface area contributed by atoms with Gasteiger partial charge >= 0.3 is 0 Å². The van der Waals surface area contributed by atoms with E-state index in [2.05, 4.69) is 38.8 Å². The Kier molecular flexibility index (Phi) is 5.04. The van der Waals surface area contributed by atoms with E-state index in [1.165, 1.54) is 12.8 Å². The Labute approximate surface area is 176 Å². The van der Waals surface area contributed by atoms with E-state index in [4.69, 9.17) is 14.7 Å². The molecule has 8 heteroatoms. The number of hydrogen-bond acceptors (Lipinski definition) is 8. The lowest BCUT2D eigenvalue weighted by Crippen LogP contribution is -2.64. The molecule has 0 aromatic carbocycles. The fraction of sp³-hybridized carbons (Fsp3) is 0.667. The zero-order valence-electron chi connectivity index (χ0n) is 17.5. The summed E-state index contributed by atoms with van der Waals surface area (Å²) in [5.41, 5.74) is 2.41. The van der Waals surface area contributed by atoms with Crippen molar-refractivity contribution >= 4 is 34.6 Å². The van der Waals surface area contributed by atoms with Crippen molar-refractivity contribution < 1.29 is 4.74 Å².